The molecule has 4 nitrogen and oxygen atoms in total. The van der Waals surface area contributed by atoms with Crippen LogP contribution in [-0.2, 0) is 6.54 Å². The van der Waals surface area contributed by atoms with Crippen LogP contribution in [-0.4, -0.2) is 35.5 Å². The van der Waals surface area contributed by atoms with Gasteiger partial charge in [-0.05, 0) is 50.7 Å². The van der Waals surface area contributed by atoms with E-state index in [1.807, 2.05) is 13.0 Å². The van der Waals surface area contributed by atoms with Crippen molar-refractivity contribution in [2.24, 2.45) is 10.4 Å². The van der Waals surface area contributed by atoms with E-state index in [2.05, 4.69) is 34.3 Å². The maximum Gasteiger partial charge on any atom is 0.194 e. The Morgan fingerprint density at radius 3 is 2.86 bits per heavy atom. The molecule has 3 rings (SSSR count). The van der Waals surface area contributed by atoms with Crippen LogP contribution in [0.5, 0.6) is 0 Å². The monoisotopic (exact) mass is 300 g/mol. The van der Waals surface area contributed by atoms with Crippen molar-refractivity contribution in [3.05, 3.63) is 29.6 Å². The number of nitrogens with zero attached hydrogens (tertiary/aromatic N) is 3. The molecule has 2 heterocycles. The number of pyridine rings is 1. The van der Waals surface area contributed by atoms with E-state index in [-0.39, 0.29) is 0 Å². The van der Waals surface area contributed by atoms with Gasteiger partial charge >= 0.3 is 0 Å². The van der Waals surface area contributed by atoms with Gasteiger partial charge in [0.25, 0.3) is 0 Å². The molecule has 0 amide bonds. The number of aryl methyl sites for hydroxylation is 1. The Kier molecular flexibility index (Phi) is 4.65. The third-order valence-electron chi connectivity index (χ3n) is 5.07. The molecular weight excluding hydrogens is 272 g/mol. The minimum absolute atomic E-state index is 0.581. The predicted octanol–water partition coefficient (Wildman–Crippen LogP) is 3.12. The number of hydrogen-bond acceptors (Lipinski definition) is 2. The zero-order valence-electron chi connectivity index (χ0n) is 13.9. The summed E-state index contributed by atoms with van der Waals surface area (Å²) in [7, 11) is 0. The average Bonchev–Trinajstić information content (AvgIpc) is 3.14. The second kappa shape index (κ2) is 6.67. The highest BCUT2D eigenvalue weighted by molar-refractivity contribution is 5.80. The Hall–Kier alpha value is -1.58. The van der Waals surface area contributed by atoms with Gasteiger partial charge in [0.1, 0.15) is 0 Å². The maximum absolute atomic E-state index is 4.83. The summed E-state index contributed by atoms with van der Waals surface area (Å²) in [4.78, 5) is 11.8. The van der Waals surface area contributed by atoms with Gasteiger partial charge in [-0.2, -0.15) is 0 Å². The Labute approximate surface area is 134 Å². The van der Waals surface area contributed by atoms with E-state index in [1.165, 1.54) is 38.6 Å². The second-order valence-electron chi connectivity index (χ2n) is 6.82. The van der Waals surface area contributed by atoms with Gasteiger partial charge in [-0.25, -0.2) is 4.99 Å². The highest BCUT2D eigenvalue weighted by Gasteiger charge is 2.41. The second-order valence-corrected chi connectivity index (χ2v) is 6.82. The first-order chi connectivity index (χ1) is 10.7. The largest absolute Gasteiger partial charge is 0.357 e. The molecule has 2 fully saturated rings. The molecule has 1 N–H and O–H groups in total. The molecule has 1 spiro atoms. The molecule has 0 atom stereocenters. The van der Waals surface area contributed by atoms with Crippen LogP contribution >= 0.6 is 0 Å². The van der Waals surface area contributed by atoms with Crippen LogP contribution < -0.4 is 5.32 Å². The van der Waals surface area contributed by atoms with E-state index in [0.717, 1.165) is 30.4 Å². The summed E-state index contributed by atoms with van der Waals surface area (Å²) in [6, 6.07) is 6.15. The summed E-state index contributed by atoms with van der Waals surface area (Å²) >= 11 is 0. The fraction of sp³-hybridized carbons (Fsp3) is 0.667. The van der Waals surface area contributed by atoms with Crippen molar-refractivity contribution in [2.75, 3.05) is 19.6 Å². The summed E-state index contributed by atoms with van der Waals surface area (Å²) in [6.07, 6.45) is 6.97. The summed E-state index contributed by atoms with van der Waals surface area (Å²) in [5, 5.41) is 3.46. The van der Waals surface area contributed by atoms with E-state index in [4.69, 9.17) is 4.99 Å². The molecule has 1 aromatic rings. The number of aliphatic imine (C=N–C) groups is 1. The Balaban J connectivity index is 1.68. The molecular formula is C18H28N4. The normalized spacial score (nSPS) is 20.8. The quantitative estimate of drug-likeness (QED) is 0.689. The lowest BCUT2D eigenvalue weighted by molar-refractivity contribution is 0.309. The number of nitrogens with one attached hydrogen (secondary N) is 1. The van der Waals surface area contributed by atoms with Gasteiger partial charge in [-0.3, -0.25) is 4.98 Å². The first-order valence-corrected chi connectivity index (χ1v) is 8.67. The van der Waals surface area contributed by atoms with Crippen molar-refractivity contribution >= 4 is 5.96 Å². The van der Waals surface area contributed by atoms with E-state index in [1.54, 1.807) is 0 Å². The topological polar surface area (TPSA) is 40.5 Å². The molecule has 1 saturated carbocycles. The Bertz CT molecular complexity index is 532. The molecule has 1 aromatic heterocycles. The van der Waals surface area contributed by atoms with Crippen LogP contribution in [0.25, 0.3) is 0 Å². The van der Waals surface area contributed by atoms with E-state index in [0.29, 0.717) is 12.0 Å². The van der Waals surface area contributed by atoms with Crippen molar-refractivity contribution in [3.8, 4) is 0 Å². The Morgan fingerprint density at radius 2 is 2.14 bits per heavy atom. The van der Waals surface area contributed by atoms with Gasteiger partial charge in [0.05, 0.1) is 12.2 Å². The zero-order chi connectivity index (χ0) is 15.4. The molecule has 1 aliphatic heterocycles. The first-order valence-electron chi connectivity index (χ1n) is 8.67. The van der Waals surface area contributed by atoms with E-state index < -0.39 is 0 Å². The van der Waals surface area contributed by atoms with Crippen molar-refractivity contribution < 1.29 is 0 Å². The third kappa shape index (κ3) is 3.42. The lowest BCUT2D eigenvalue weighted by atomic mass is 9.86. The average molecular weight is 300 g/mol. The van der Waals surface area contributed by atoms with Crippen molar-refractivity contribution in [2.45, 2.75) is 52.5 Å². The molecule has 120 valence electrons. The minimum atomic E-state index is 0.581. The van der Waals surface area contributed by atoms with Gasteiger partial charge in [0, 0.05) is 25.3 Å². The summed E-state index contributed by atoms with van der Waals surface area (Å²) in [5.74, 6) is 1.06. The molecule has 2 aliphatic rings. The van der Waals surface area contributed by atoms with Crippen LogP contribution in [0.1, 0.15) is 50.4 Å². The predicted molar refractivity (Wildman–Crippen MR) is 90.9 cm³/mol. The first kappa shape index (κ1) is 15.3. The highest BCUT2D eigenvalue weighted by Crippen LogP contribution is 2.45. The fourth-order valence-electron chi connectivity index (χ4n) is 3.92. The Morgan fingerprint density at radius 1 is 1.32 bits per heavy atom. The van der Waals surface area contributed by atoms with Crippen molar-refractivity contribution in [3.63, 3.8) is 0 Å². The summed E-state index contributed by atoms with van der Waals surface area (Å²) in [6.45, 7) is 8.08. The van der Waals surface area contributed by atoms with Crippen LogP contribution in [0.15, 0.2) is 23.2 Å². The lowest BCUT2D eigenvalue weighted by Gasteiger charge is -2.25. The van der Waals surface area contributed by atoms with Crippen LogP contribution in [0.4, 0.5) is 0 Å². The SMILES string of the molecule is CCNC(=NCc1cccc(C)n1)N1CCC2(CCCC2)C1. The van der Waals surface area contributed by atoms with Gasteiger partial charge in [0.2, 0.25) is 0 Å². The summed E-state index contributed by atoms with van der Waals surface area (Å²) < 4.78 is 0. The van der Waals surface area contributed by atoms with Crippen molar-refractivity contribution in [1.82, 2.24) is 15.2 Å². The summed E-state index contributed by atoms with van der Waals surface area (Å²) in [5.41, 5.74) is 2.69. The molecule has 0 bridgehead atoms. The third-order valence-corrected chi connectivity index (χ3v) is 5.07. The standard InChI is InChI=1S/C18H28N4/c1-3-19-17(20-13-16-8-6-7-15(2)21-16)22-12-11-18(14-22)9-4-5-10-18/h6-8H,3-5,9-14H2,1-2H3,(H,19,20). The van der Waals surface area contributed by atoms with Gasteiger partial charge in [0.15, 0.2) is 5.96 Å². The van der Waals surface area contributed by atoms with Gasteiger partial charge in [-0.1, -0.05) is 18.9 Å². The molecule has 1 saturated heterocycles. The molecule has 0 unspecified atom stereocenters. The number of aromatic nitrogens is 1. The highest BCUT2D eigenvalue weighted by atomic mass is 15.3. The molecule has 1 aliphatic carbocycles. The van der Waals surface area contributed by atoms with Crippen LogP contribution in [0.3, 0.4) is 0 Å². The minimum Gasteiger partial charge on any atom is -0.357 e. The molecule has 0 radical (unpaired) electrons. The van der Waals surface area contributed by atoms with E-state index in [9.17, 15) is 0 Å². The number of guanidine groups is 1. The maximum atomic E-state index is 4.83. The van der Waals surface area contributed by atoms with Gasteiger partial charge in [-0.15, -0.1) is 0 Å². The smallest absolute Gasteiger partial charge is 0.194 e. The zero-order valence-corrected chi connectivity index (χ0v) is 13.9. The van der Waals surface area contributed by atoms with E-state index >= 15 is 0 Å². The number of rotatable bonds is 3. The molecule has 0 aromatic carbocycles. The molecule has 22 heavy (non-hydrogen) atoms. The number of likely N-dealkylation sites (tertiary alicyclic amines) is 1. The molecule has 4 heteroatoms. The lowest BCUT2D eigenvalue weighted by Crippen LogP contribution is -2.41. The number of hydrogen-bond donors (Lipinski definition) is 1. The van der Waals surface area contributed by atoms with Crippen LogP contribution in [0.2, 0.25) is 0 Å². The van der Waals surface area contributed by atoms with Crippen molar-refractivity contribution in [1.29, 1.82) is 0 Å². The van der Waals surface area contributed by atoms with Gasteiger partial charge < -0.3 is 10.2 Å². The fourth-order valence-corrected chi connectivity index (χ4v) is 3.92. The van der Waals surface area contributed by atoms with Crippen LogP contribution in [0, 0.1) is 12.3 Å².